The maximum Gasteiger partial charge on any atom is 0.224 e. The Labute approximate surface area is 157 Å². The van der Waals surface area contributed by atoms with Gasteiger partial charge in [-0.3, -0.25) is 9.59 Å². The van der Waals surface area contributed by atoms with Gasteiger partial charge < -0.3 is 15.5 Å². The maximum atomic E-state index is 12.6. The van der Waals surface area contributed by atoms with Crippen molar-refractivity contribution in [1.29, 1.82) is 0 Å². The number of likely N-dealkylation sites (tertiary alicyclic amines) is 1. The van der Waals surface area contributed by atoms with Crippen LogP contribution in [-0.2, 0) is 9.59 Å². The zero-order valence-corrected chi connectivity index (χ0v) is 16.0. The number of hydrogen-bond donors (Lipinski definition) is 2. The van der Waals surface area contributed by atoms with E-state index in [2.05, 4.69) is 17.6 Å². The summed E-state index contributed by atoms with van der Waals surface area (Å²) in [4.78, 5) is 26.1. The lowest BCUT2D eigenvalue weighted by Gasteiger charge is -2.33. The Morgan fingerprint density at radius 1 is 1.20 bits per heavy atom. The van der Waals surface area contributed by atoms with Gasteiger partial charge in [0, 0.05) is 20.0 Å². The average molecular weight is 368 g/mol. The third kappa shape index (κ3) is 7.04. The Kier molecular flexibility index (Phi) is 9.53. The van der Waals surface area contributed by atoms with Gasteiger partial charge in [-0.1, -0.05) is 37.3 Å². The first-order valence-electron chi connectivity index (χ1n) is 8.90. The van der Waals surface area contributed by atoms with Gasteiger partial charge in [-0.15, -0.1) is 12.4 Å². The summed E-state index contributed by atoms with van der Waals surface area (Å²) in [7, 11) is 0. The van der Waals surface area contributed by atoms with Crippen molar-refractivity contribution in [2.24, 2.45) is 5.92 Å². The van der Waals surface area contributed by atoms with Crippen molar-refractivity contribution < 1.29 is 9.59 Å². The Balaban J connectivity index is 0.00000312. The molecule has 1 heterocycles. The lowest BCUT2D eigenvalue weighted by atomic mass is 9.95. The van der Waals surface area contributed by atoms with E-state index in [0.717, 1.165) is 44.6 Å². The van der Waals surface area contributed by atoms with Gasteiger partial charge in [0.1, 0.15) is 0 Å². The quantitative estimate of drug-likeness (QED) is 0.778. The molecule has 0 aliphatic carbocycles. The van der Waals surface area contributed by atoms with E-state index in [1.807, 2.05) is 35.2 Å². The molecular weight excluding hydrogens is 338 g/mol. The van der Waals surface area contributed by atoms with Gasteiger partial charge in [0.25, 0.3) is 0 Å². The van der Waals surface area contributed by atoms with E-state index >= 15 is 0 Å². The molecule has 1 atom stereocenters. The molecule has 1 fully saturated rings. The predicted octanol–water partition coefficient (Wildman–Crippen LogP) is 2.52. The highest BCUT2D eigenvalue weighted by atomic mass is 35.5. The second-order valence-electron chi connectivity index (χ2n) is 6.50. The van der Waals surface area contributed by atoms with Crippen LogP contribution >= 0.6 is 12.4 Å². The topological polar surface area (TPSA) is 61.4 Å². The fraction of sp³-hybridized carbons (Fsp3) is 0.579. The number of piperidine rings is 1. The monoisotopic (exact) mass is 367 g/mol. The van der Waals surface area contributed by atoms with Gasteiger partial charge in [-0.2, -0.15) is 0 Å². The molecule has 0 spiro atoms. The van der Waals surface area contributed by atoms with E-state index < -0.39 is 0 Å². The summed E-state index contributed by atoms with van der Waals surface area (Å²) < 4.78 is 0. The number of benzene rings is 1. The Morgan fingerprint density at radius 3 is 2.40 bits per heavy atom. The lowest BCUT2D eigenvalue weighted by molar-refractivity contribution is -0.133. The molecule has 0 saturated carbocycles. The minimum absolute atomic E-state index is 0. The second-order valence-corrected chi connectivity index (χ2v) is 6.50. The minimum atomic E-state index is -0.254. The molecule has 2 N–H and O–H groups in total. The van der Waals surface area contributed by atoms with Crippen LogP contribution in [0.1, 0.15) is 44.7 Å². The first-order chi connectivity index (χ1) is 11.6. The third-order valence-corrected chi connectivity index (χ3v) is 4.61. The van der Waals surface area contributed by atoms with E-state index in [9.17, 15) is 9.59 Å². The van der Waals surface area contributed by atoms with Crippen LogP contribution in [0, 0.1) is 5.92 Å². The second kappa shape index (κ2) is 11.1. The molecule has 0 radical (unpaired) electrons. The molecule has 1 saturated heterocycles. The molecule has 25 heavy (non-hydrogen) atoms. The number of amides is 2. The molecule has 2 amide bonds. The SMILES string of the molecule is CCNCC1CCN(C(=O)CC(NC(C)=O)c2ccccc2)CC1.Cl. The van der Waals surface area contributed by atoms with Crippen molar-refractivity contribution in [3.63, 3.8) is 0 Å². The van der Waals surface area contributed by atoms with Crippen molar-refractivity contribution in [2.75, 3.05) is 26.2 Å². The molecule has 140 valence electrons. The van der Waals surface area contributed by atoms with Crippen LogP contribution in [0.25, 0.3) is 0 Å². The fourth-order valence-electron chi connectivity index (χ4n) is 3.22. The van der Waals surface area contributed by atoms with Crippen molar-refractivity contribution >= 4 is 24.2 Å². The third-order valence-electron chi connectivity index (χ3n) is 4.61. The molecular formula is C19H30ClN3O2. The molecule has 1 aromatic rings. The summed E-state index contributed by atoms with van der Waals surface area (Å²) in [5.74, 6) is 0.676. The summed E-state index contributed by atoms with van der Waals surface area (Å²) in [5.41, 5.74) is 0.975. The summed E-state index contributed by atoms with van der Waals surface area (Å²) in [5, 5.41) is 6.29. The molecule has 1 aromatic carbocycles. The highest BCUT2D eigenvalue weighted by Crippen LogP contribution is 2.21. The maximum absolute atomic E-state index is 12.6. The summed E-state index contributed by atoms with van der Waals surface area (Å²) in [6.45, 7) is 7.27. The number of nitrogens with one attached hydrogen (secondary N) is 2. The Morgan fingerprint density at radius 2 is 1.84 bits per heavy atom. The molecule has 1 aliphatic heterocycles. The van der Waals surface area contributed by atoms with Crippen LogP contribution in [-0.4, -0.2) is 42.9 Å². The minimum Gasteiger partial charge on any atom is -0.349 e. The van der Waals surface area contributed by atoms with Crippen molar-refractivity contribution in [3.05, 3.63) is 35.9 Å². The van der Waals surface area contributed by atoms with E-state index in [4.69, 9.17) is 0 Å². The fourth-order valence-corrected chi connectivity index (χ4v) is 3.22. The lowest BCUT2D eigenvalue weighted by Crippen LogP contribution is -2.42. The van der Waals surface area contributed by atoms with Crippen LogP contribution in [0.15, 0.2) is 30.3 Å². The van der Waals surface area contributed by atoms with Crippen LogP contribution in [0.2, 0.25) is 0 Å². The predicted molar refractivity (Wildman–Crippen MR) is 103 cm³/mol. The summed E-state index contributed by atoms with van der Waals surface area (Å²) >= 11 is 0. The first-order valence-corrected chi connectivity index (χ1v) is 8.90. The number of carbonyl (C=O) groups excluding carboxylic acids is 2. The number of halogens is 1. The molecule has 1 aliphatic rings. The van der Waals surface area contributed by atoms with Crippen LogP contribution in [0.5, 0.6) is 0 Å². The van der Waals surface area contributed by atoms with Gasteiger partial charge in [-0.25, -0.2) is 0 Å². The largest absolute Gasteiger partial charge is 0.349 e. The molecule has 5 nitrogen and oxygen atoms in total. The van der Waals surface area contributed by atoms with Crippen molar-refractivity contribution in [3.8, 4) is 0 Å². The standard InChI is InChI=1S/C19H29N3O2.ClH/c1-3-20-14-16-9-11-22(12-10-16)19(24)13-18(21-15(2)23)17-7-5-4-6-8-17;/h4-8,16,18,20H,3,9-14H2,1-2H3,(H,21,23);1H. The molecule has 1 unspecified atom stereocenters. The normalized spacial score (nSPS) is 16.0. The van der Waals surface area contributed by atoms with Gasteiger partial charge in [-0.05, 0) is 37.4 Å². The van der Waals surface area contributed by atoms with E-state index in [0.29, 0.717) is 12.3 Å². The van der Waals surface area contributed by atoms with E-state index in [1.54, 1.807) is 0 Å². The average Bonchev–Trinajstić information content (AvgIpc) is 2.60. The van der Waals surface area contributed by atoms with Gasteiger partial charge in [0.05, 0.1) is 12.5 Å². The van der Waals surface area contributed by atoms with Crippen LogP contribution < -0.4 is 10.6 Å². The highest BCUT2D eigenvalue weighted by molar-refractivity contribution is 5.85. The molecule has 0 bridgehead atoms. The molecule has 6 heteroatoms. The number of nitrogens with zero attached hydrogens (tertiary/aromatic N) is 1. The molecule has 0 aromatic heterocycles. The number of carbonyl (C=O) groups is 2. The van der Waals surface area contributed by atoms with Gasteiger partial charge >= 0.3 is 0 Å². The van der Waals surface area contributed by atoms with Gasteiger partial charge in [0.2, 0.25) is 11.8 Å². The van der Waals surface area contributed by atoms with Gasteiger partial charge in [0.15, 0.2) is 0 Å². The number of rotatable bonds is 7. The zero-order chi connectivity index (χ0) is 17.4. The number of hydrogen-bond acceptors (Lipinski definition) is 3. The highest BCUT2D eigenvalue weighted by Gasteiger charge is 2.25. The van der Waals surface area contributed by atoms with Crippen LogP contribution in [0.3, 0.4) is 0 Å². The van der Waals surface area contributed by atoms with E-state index in [1.165, 1.54) is 6.92 Å². The zero-order valence-electron chi connectivity index (χ0n) is 15.2. The smallest absolute Gasteiger partial charge is 0.224 e. The first kappa shape index (κ1) is 21.5. The van der Waals surface area contributed by atoms with Crippen molar-refractivity contribution in [1.82, 2.24) is 15.5 Å². The summed E-state index contributed by atoms with van der Waals surface area (Å²) in [6.07, 6.45) is 2.42. The Hall–Kier alpha value is -1.59. The van der Waals surface area contributed by atoms with Crippen molar-refractivity contribution in [2.45, 2.75) is 39.2 Å². The Bertz CT molecular complexity index is 531. The molecule has 2 rings (SSSR count). The van der Waals surface area contributed by atoms with Crippen LogP contribution in [0.4, 0.5) is 0 Å². The summed E-state index contributed by atoms with van der Waals surface area (Å²) in [6, 6.07) is 9.45. The van der Waals surface area contributed by atoms with E-state index in [-0.39, 0.29) is 30.3 Å².